The molecule has 1 atom stereocenters. The van der Waals surface area contributed by atoms with Crippen LogP contribution in [0, 0.1) is 0 Å². The molecule has 0 bridgehead atoms. The third-order valence-corrected chi connectivity index (χ3v) is 4.46. The summed E-state index contributed by atoms with van der Waals surface area (Å²) in [6.45, 7) is 6.32. The third kappa shape index (κ3) is 16.4. The monoisotopic (exact) mass is 388 g/mol. The Balaban J connectivity index is 3.58. The number of hydrogen-bond acceptors (Lipinski definition) is 4. The lowest BCUT2D eigenvalue weighted by Crippen LogP contribution is -2.16. The second-order valence-corrected chi connectivity index (χ2v) is 7.02. The molecule has 0 saturated heterocycles. The molecule has 152 valence electrons. The highest BCUT2D eigenvalue weighted by Crippen LogP contribution is 2.10. The Morgan fingerprint density at radius 2 is 1.58 bits per heavy atom. The number of alkyl halides is 1. The fourth-order valence-electron chi connectivity index (χ4n) is 2.59. The van der Waals surface area contributed by atoms with Crippen molar-refractivity contribution in [2.75, 3.05) is 12.5 Å². The first kappa shape index (κ1) is 25.0. The maximum atomic E-state index is 11.8. The second-order valence-electron chi connectivity index (χ2n) is 6.64. The van der Waals surface area contributed by atoms with Gasteiger partial charge in [0.15, 0.2) is 0 Å². The Labute approximate surface area is 164 Å². The molecule has 0 aliphatic carbocycles. The van der Waals surface area contributed by atoms with Gasteiger partial charge in [-0.3, -0.25) is 9.59 Å². The standard InChI is InChI=1S/C21H37ClO4/c1-3-5-10-14-19(4-2)26-21(24)16-13-15-20(23)25-18-12-9-7-6-8-11-17-22/h4,19H,2-3,5-18H2,1H3. The molecule has 0 fully saturated rings. The number of hydrogen-bond donors (Lipinski definition) is 0. The molecule has 0 aromatic rings. The molecule has 0 radical (unpaired) electrons. The summed E-state index contributed by atoms with van der Waals surface area (Å²) in [5.41, 5.74) is 0. The Hall–Kier alpha value is -1.03. The number of carbonyl (C=O) groups excluding carboxylic acids is 2. The van der Waals surface area contributed by atoms with Crippen molar-refractivity contribution >= 4 is 23.5 Å². The summed E-state index contributed by atoms with van der Waals surface area (Å²) >= 11 is 5.63. The summed E-state index contributed by atoms with van der Waals surface area (Å²) in [6.07, 6.45) is 13.1. The van der Waals surface area contributed by atoms with E-state index in [1.54, 1.807) is 6.08 Å². The molecular weight excluding hydrogens is 352 g/mol. The quantitative estimate of drug-likeness (QED) is 0.126. The summed E-state index contributed by atoms with van der Waals surface area (Å²) in [6, 6.07) is 0. The molecule has 0 saturated carbocycles. The van der Waals surface area contributed by atoms with Gasteiger partial charge in [0.2, 0.25) is 0 Å². The van der Waals surface area contributed by atoms with Crippen LogP contribution in [0.2, 0.25) is 0 Å². The number of unbranched alkanes of at least 4 members (excludes halogenated alkanes) is 7. The Kier molecular flexibility index (Phi) is 18.0. The van der Waals surface area contributed by atoms with E-state index in [0.717, 1.165) is 57.2 Å². The van der Waals surface area contributed by atoms with E-state index < -0.39 is 0 Å². The van der Waals surface area contributed by atoms with E-state index >= 15 is 0 Å². The maximum Gasteiger partial charge on any atom is 0.306 e. The van der Waals surface area contributed by atoms with Crippen LogP contribution in [0.1, 0.15) is 90.4 Å². The molecule has 5 heteroatoms. The van der Waals surface area contributed by atoms with Crippen molar-refractivity contribution in [2.24, 2.45) is 0 Å². The highest BCUT2D eigenvalue weighted by Gasteiger charge is 2.12. The molecular formula is C21H37ClO4. The van der Waals surface area contributed by atoms with E-state index in [1.807, 2.05) is 0 Å². The molecule has 0 N–H and O–H groups in total. The average Bonchev–Trinajstić information content (AvgIpc) is 2.63. The fraction of sp³-hybridized carbons (Fsp3) is 0.810. The molecule has 0 aromatic heterocycles. The van der Waals surface area contributed by atoms with Crippen LogP contribution in [-0.2, 0) is 19.1 Å². The molecule has 0 heterocycles. The highest BCUT2D eigenvalue weighted by molar-refractivity contribution is 6.17. The van der Waals surface area contributed by atoms with Crippen molar-refractivity contribution in [3.8, 4) is 0 Å². The highest BCUT2D eigenvalue weighted by atomic mass is 35.5. The third-order valence-electron chi connectivity index (χ3n) is 4.19. The van der Waals surface area contributed by atoms with E-state index in [4.69, 9.17) is 21.1 Å². The van der Waals surface area contributed by atoms with Crippen molar-refractivity contribution < 1.29 is 19.1 Å². The van der Waals surface area contributed by atoms with Crippen molar-refractivity contribution in [3.05, 3.63) is 12.7 Å². The summed E-state index contributed by atoms with van der Waals surface area (Å²) < 4.78 is 10.6. The summed E-state index contributed by atoms with van der Waals surface area (Å²) in [5.74, 6) is 0.234. The van der Waals surface area contributed by atoms with E-state index in [0.29, 0.717) is 13.0 Å². The molecule has 1 unspecified atom stereocenters. The van der Waals surface area contributed by atoms with Crippen molar-refractivity contribution in [2.45, 2.75) is 96.5 Å². The van der Waals surface area contributed by atoms with E-state index in [1.165, 1.54) is 12.8 Å². The zero-order valence-corrected chi connectivity index (χ0v) is 17.2. The molecule has 0 aliphatic heterocycles. The van der Waals surface area contributed by atoms with Gasteiger partial charge in [0, 0.05) is 18.7 Å². The van der Waals surface area contributed by atoms with Gasteiger partial charge in [-0.25, -0.2) is 0 Å². The number of rotatable bonds is 18. The lowest BCUT2D eigenvalue weighted by Gasteiger charge is -2.13. The van der Waals surface area contributed by atoms with Crippen LogP contribution in [0.5, 0.6) is 0 Å². The van der Waals surface area contributed by atoms with E-state index in [9.17, 15) is 9.59 Å². The van der Waals surface area contributed by atoms with Crippen LogP contribution in [0.25, 0.3) is 0 Å². The zero-order chi connectivity index (χ0) is 19.5. The predicted octanol–water partition coefficient (Wildman–Crippen LogP) is 5.96. The fourth-order valence-corrected chi connectivity index (χ4v) is 2.78. The molecule has 26 heavy (non-hydrogen) atoms. The summed E-state index contributed by atoms with van der Waals surface area (Å²) in [5, 5.41) is 0. The Bertz CT molecular complexity index is 371. The second kappa shape index (κ2) is 18.8. The first-order valence-electron chi connectivity index (χ1n) is 10.2. The number of esters is 2. The number of carbonyl (C=O) groups is 2. The van der Waals surface area contributed by atoms with Crippen LogP contribution in [-0.4, -0.2) is 30.5 Å². The zero-order valence-electron chi connectivity index (χ0n) is 16.5. The Morgan fingerprint density at radius 3 is 2.23 bits per heavy atom. The lowest BCUT2D eigenvalue weighted by atomic mass is 10.1. The van der Waals surface area contributed by atoms with E-state index in [-0.39, 0.29) is 30.9 Å². The molecule has 0 aromatic carbocycles. The van der Waals surface area contributed by atoms with Gasteiger partial charge in [-0.05, 0) is 32.1 Å². The van der Waals surface area contributed by atoms with Crippen LogP contribution in [0.3, 0.4) is 0 Å². The topological polar surface area (TPSA) is 52.6 Å². The van der Waals surface area contributed by atoms with Gasteiger partial charge in [0.05, 0.1) is 6.61 Å². The van der Waals surface area contributed by atoms with Gasteiger partial charge >= 0.3 is 11.9 Å². The normalized spacial score (nSPS) is 11.8. The van der Waals surface area contributed by atoms with Crippen LogP contribution in [0.4, 0.5) is 0 Å². The minimum Gasteiger partial charge on any atom is -0.466 e. The first-order valence-corrected chi connectivity index (χ1v) is 10.7. The molecule has 0 aliphatic rings. The number of ether oxygens (including phenoxy) is 2. The lowest BCUT2D eigenvalue weighted by molar-refractivity contribution is -0.148. The molecule has 0 spiro atoms. The number of halogens is 1. The smallest absolute Gasteiger partial charge is 0.306 e. The van der Waals surface area contributed by atoms with Crippen LogP contribution >= 0.6 is 11.6 Å². The summed E-state index contributed by atoms with van der Waals surface area (Å²) in [4.78, 5) is 23.4. The summed E-state index contributed by atoms with van der Waals surface area (Å²) in [7, 11) is 0. The largest absolute Gasteiger partial charge is 0.466 e. The predicted molar refractivity (Wildman–Crippen MR) is 107 cm³/mol. The van der Waals surface area contributed by atoms with Gasteiger partial charge in [-0.1, -0.05) is 58.1 Å². The van der Waals surface area contributed by atoms with Gasteiger partial charge in [0.1, 0.15) is 6.10 Å². The van der Waals surface area contributed by atoms with Crippen LogP contribution < -0.4 is 0 Å². The van der Waals surface area contributed by atoms with Gasteiger partial charge in [-0.2, -0.15) is 0 Å². The van der Waals surface area contributed by atoms with Crippen molar-refractivity contribution in [3.63, 3.8) is 0 Å². The maximum absolute atomic E-state index is 11.8. The van der Waals surface area contributed by atoms with Crippen molar-refractivity contribution in [1.29, 1.82) is 0 Å². The molecule has 0 amide bonds. The Morgan fingerprint density at radius 1 is 0.923 bits per heavy atom. The SMILES string of the molecule is C=CC(CCCCC)OC(=O)CCCC(=O)OCCCCCCCCCl. The van der Waals surface area contributed by atoms with Gasteiger partial charge in [-0.15, -0.1) is 11.6 Å². The average molecular weight is 389 g/mol. The molecule has 0 rings (SSSR count). The molecule has 4 nitrogen and oxygen atoms in total. The minimum absolute atomic E-state index is 0.217. The first-order chi connectivity index (χ1) is 12.6. The van der Waals surface area contributed by atoms with Gasteiger partial charge < -0.3 is 9.47 Å². The van der Waals surface area contributed by atoms with Crippen LogP contribution in [0.15, 0.2) is 12.7 Å². The van der Waals surface area contributed by atoms with Crippen molar-refractivity contribution in [1.82, 2.24) is 0 Å². The van der Waals surface area contributed by atoms with E-state index in [2.05, 4.69) is 13.5 Å². The minimum atomic E-state index is -0.267. The van der Waals surface area contributed by atoms with Gasteiger partial charge in [0.25, 0.3) is 0 Å².